The van der Waals surface area contributed by atoms with E-state index in [1.807, 2.05) is 27.7 Å². The van der Waals surface area contributed by atoms with Crippen molar-refractivity contribution < 1.29 is 19.1 Å². The van der Waals surface area contributed by atoms with Crippen LogP contribution in [-0.2, 0) is 25.6 Å². The second-order valence-electron chi connectivity index (χ2n) is 8.51. The standard InChI is InChI=1S/C20H33N7O5/c1-10(2)13(21)18(29)31-6-5-12(8-32-19(30)14(22)11(3)4)7-27-9-24-15-16(27)25-20(23)26-17(15)28/h9-14H,5-8,21-22H2,1-4H3,(H3,23,25,26,28)/t12-,13+,14+/m1/s1. The normalized spacial score (nSPS) is 14.5. The van der Waals surface area contributed by atoms with Crippen molar-refractivity contribution in [2.45, 2.75) is 52.7 Å². The van der Waals surface area contributed by atoms with E-state index in [4.69, 9.17) is 26.7 Å². The van der Waals surface area contributed by atoms with Crippen LogP contribution in [0.15, 0.2) is 11.1 Å². The summed E-state index contributed by atoms with van der Waals surface area (Å²) < 4.78 is 12.3. The highest BCUT2D eigenvalue weighted by molar-refractivity contribution is 5.76. The number of nitrogen functional groups attached to an aromatic ring is 1. The topological polar surface area (TPSA) is 194 Å². The number of hydrogen-bond acceptors (Lipinski definition) is 10. The largest absolute Gasteiger partial charge is 0.465 e. The van der Waals surface area contributed by atoms with Gasteiger partial charge in [-0.05, 0) is 18.3 Å². The lowest BCUT2D eigenvalue weighted by molar-refractivity contribution is -0.150. The Hall–Kier alpha value is -2.99. The minimum Gasteiger partial charge on any atom is -0.465 e. The molecular weight excluding hydrogens is 418 g/mol. The van der Waals surface area contributed by atoms with Crippen LogP contribution in [0.3, 0.4) is 0 Å². The maximum Gasteiger partial charge on any atom is 0.323 e. The highest BCUT2D eigenvalue weighted by Crippen LogP contribution is 2.15. The molecule has 0 aliphatic heterocycles. The second kappa shape index (κ2) is 11.0. The summed E-state index contributed by atoms with van der Waals surface area (Å²) in [6.45, 7) is 7.72. The van der Waals surface area contributed by atoms with Crippen molar-refractivity contribution in [3.63, 3.8) is 0 Å². The van der Waals surface area contributed by atoms with Crippen LogP contribution in [0.2, 0.25) is 0 Å². The summed E-state index contributed by atoms with van der Waals surface area (Å²) in [6, 6.07) is -1.46. The molecule has 32 heavy (non-hydrogen) atoms. The van der Waals surface area contributed by atoms with E-state index in [9.17, 15) is 14.4 Å². The molecule has 0 amide bonds. The van der Waals surface area contributed by atoms with Gasteiger partial charge in [0, 0.05) is 12.5 Å². The number of anilines is 1. The lowest BCUT2D eigenvalue weighted by Gasteiger charge is -2.21. The summed E-state index contributed by atoms with van der Waals surface area (Å²) in [7, 11) is 0. The zero-order chi connectivity index (χ0) is 24.0. The van der Waals surface area contributed by atoms with Gasteiger partial charge in [-0.25, -0.2) is 4.98 Å². The Labute approximate surface area is 185 Å². The molecule has 178 valence electrons. The third-order valence-electron chi connectivity index (χ3n) is 5.16. The van der Waals surface area contributed by atoms with Gasteiger partial charge in [-0.2, -0.15) is 4.98 Å². The minimum absolute atomic E-state index is 0.0331. The van der Waals surface area contributed by atoms with Crippen molar-refractivity contribution in [1.29, 1.82) is 0 Å². The first-order valence-corrected chi connectivity index (χ1v) is 10.6. The number of nitrogens with zero attached hydrogens (tertiary/aromatic N) is 3. The number of carbonyl (C=O) groups is 2. The fourth-order valence-electron chi connectivity index (χ4n) is 2.87. The lowest BCUT2D eigenvalue weighted by Crippen LogP contribution is -2.38. The number of aromatic nitrogens is 4. The quantitative estimate of drug-likeness (QED) is 0.331. The molecule has 0 fully saturated rings. The van der Waals surface area contributed by atoms with Crippen LogP contribution in [-0.4, -0.2) is 56.8 Å². The number of ether oxygens (including phenoxy) is 2. The maximum atomic E-state index is 12.2. The van der Waals surface area contributed by atoms with E-state index in [-0.39, 0.29) is 42.4 Å². The van der Waals surface area contributed by atoms with Gasteiger partial charge in [-0.1, -0.05) is 27.7 Å². The number of esters is 2. The van der Waals surface area contributed by atoms with E-state index in [0.717, 1.165) is 0 Å². The number of rotatable bonds is 11. The molecule has 0 aliphatic rings. The number of fused-ring (bicyclic) bond motifs is 1. The molecule has 2 heterocycles. The average molecular weight is 452 g/mol. The number of nitrogens with two attached hydrogens (primary N) is 3. The third-order valence-corrected chi connectivity index (χ3v) is 5.16. The van der Waals surface area contributed by atoms with Crippen molar-refractivity contribution in [1.82, 2.24) is 19.5 Å². The Morgan fingerprint density at radius 2 is 1.69 bits per heavy atom. The van der Waals surface area contributed by atoms with Crippen LogP contribution in [0, 0.1) is 17.8 Å². The van der Waals surface area contributed by atoms with Crippen molar-refractivity contribution >= 4 is 29.1 Å². The molecule has 3 atom stereocenters. The Morgan fingerprint density at radius 1 is 1.09 bits per heavy atom. The van der Waals surface area contributed by atoms with E-state index in [1.165, 1.54) is 6.33 Å². The van der Waals surface area contributed by atoms with Crippen molar-refractivity contribution in [2.75, 3.05) is 18.9 Å². The smallest absolute Gasteiger partial charge is 0.323 e. The Morgan fingerprint density at radius 3 is 2.28 bits per heavy atom. The first-order chi connectivity index (χ1) is 15.0. The molecule has 0 unspecified atom stereocenters. The molecule has 2 aromatic heterocycles. The SMILES string of the molecule is CC(C)[C@H](N)C(=O)OCC[C@@H](COC(=O)[C@@H](N)C(C)C)Cn1cnc2c(=O)[nH]c(N)nc21. The first kappa shape index (κ1) is 25.3. The van der Waals surface area contributed by atoms with Gasteiger partial charge in [-0.3, -0.25) is 19.4 Å². The van der Waals surface area contributed by atoms with Gasteiger partial charge < -0.3 is 31.2 Å². The van der Waals surface area contributed by atoms with Crippen LogP contribution >= 0.6 is 0 Å². The summed E-state index contributed by atoms with van der Waals surface area (Å²) in [5.41, 5.74) is 17.3. The zero-order valence-corrected chi connectivity index (χ0v) is 18.9. The summed E-state index contributed by atoms with van der Waals surface area (Å²) in [6.07, 6.45) is 1.83. The molecule has 7 N–H and O–H groups in total. The van der Waals surface area contributed by atoms with Gasteiger partial charge >= 0.3 is 11.9 Å². The highest BCUT2D eigenvalue weighted by atomic mass is 16.5. The van der Waals surface area contributed by atoms with E-state index in [0.29, 0.717) is 18.6 Å². The summed E-state index contributed by atoms with van der Waals surface area (Å²) in [5, 5.41) is 0. The number of carbonyl (C=O) groups excluding carboxylic acids is 2. The van der Waals surface area contributed by atoms with Crippen LogP contribution in [0.25, 0.3) is 11.2 Å². The number of nitrogens with one attached hydrogen (secondary N) is 1. The van der Waals surface area contributed by atoms with Crippen LogP contribution in [0.5, 0.6) is 0 Å². The number of imidazole rings is 1. The van der Waals surface area contributed by atoms with E-state index < -0.39 is 29.6 Å². The molecule has 0 spiro atoms. The van der Waals surface area contributed by atoms with Crippen LogP contribution in [0.4, 0.5) is 5.95 Å². The predicted molar refractivity (Wildman–Crippen MR) is 118 cm³/mol. The van der Waals surface area contributed by atoms with Gasteiger partial charge in [0.25, 0.3) is 5.56 Å². The van der Waals surface area contributed by atoms with Gasteiger partial charge in [0.05, 0.1) is 19.5 Å². The molecule has 12 heteroatoms. The van der Waals surface area contributed by atoms with Gasteiger partial charge in [-0.15, -0.1) is 0 Å². The number of aromatic amines is 1. The van der Waals surface area contributed by atoms with Gasteiger partial charge in [0.2, 0.25) is 5.95 Å². The number of hydrogen-bond donors (Lipinski definition) is 4. The van der Waals surface area contributed by atoms with E-state index >= 15 is 0 Å². The fraction of sp³-hybridized carbons (Fsp3) is 0.650. The van der Waals surface area contributed by atoms with Crippen LogP contribution < -0.4 is 22.8 Å². The average Bonchev–Trinajstić information content (AvgIpc) is 3.12. The predicted octanol–water partition coefficient (Wildman–Crippen LogP) is -0.239. The Bertz CT molecular complexity index is 984. The molecule has 0 aliphatic carbocycles. The molecule has 0 aromatic carbocycles. The van der Waals surface area contributed by atoms with Gasteiger partial charge in [0.15, 0.2) is 11.2 Å². The van der Waals surface area contributed by atoms with Crippen LogP contribution in [0.1, 0.15) is 34.1 Å². The summed E-state index contributed by atoms with van der Waals surface area (Å²) >= 11 is 0. The van der Waals surface area contributed by atoms with Crippen molar-refractivity contribution in [3.05, 3.63) is 16.7 Å². The first-order valence-electron chi connectivity index (χ1n) is 10.6. The molecule has 12 nitrogen and oxygen atoms in total. The van der Waals surface area contributed by atoms with E-state index in [1.54, 1.807) is 4.57 Å². The Kier molecular flexibility index (Phi) is 8.72. The van der Waals surface area contributed by atoms with E-state index in [2.05, 4.69) is 15.0 Å². The molecule has 2 aromatic rings. The number of H-pyrrole nitrogens is 1. The molecule has 0 saturated heterocycles. The molecular formula is C20H33N7O5. The minimum atomic E-state index is -0.744. The van der Waals surface area contributed by atoms with Gasteiger partial charge in [0.1, 0.15) is 12.1 Å². The monoisotopic (exact) mass is 451 g/mol. The maximum absolute atomic E-state index is 12.2. The summed E-state index contributed by atoms with van der Waals surface area (Å²) in [5.74, 6) is -1.45. The van der Waals surface area contributed by atoms with Crippen molar-refractivity contribution in [3.8, 4) is 0 Å². The molecule has 0 saturated carbocycles. The van der Waals surface area contributed by atoms with Crippen molar-refractivity contribution in [2.24, 2.45) is 29.2 Å². The zero-order valence-electron chi connectivity index (χ0n) is 18.9. The highest BCUT2D eigenvalue weighted by Gasteiger charge is 2.23. The Balaban J connectivity index is 2.12. The molecule has 0 bridgehead atoms. The summed E-state index contributed by atoms with van der Waals surface area (Å²) in [4.78, 5) is 46.9. The third kappa shape index (κ3) is 6.50. The fourth-order valence-corrected chi connectivity index (χ4v) is 2.87. The lowest BCUT2D eigenvalue weighted by atomic mass is 10.0. The molecule has 0 radical (unpaired) electrons. The molecule has 2 rings (SSSR count). The second-order valence-corrected chi connectivity index (χ2v) is 8.51.